The molecule has 8 rings (SSSR count). The van der Waals surface area contributed by atoms with Gasteiger partial charge < -0.3 is 24.8 Å². The highest BCUT2D eigenvalue weighted by atomic mass is 35.5. The fraction of sp³-hybridized carbons (Fsp3) is 0.500. The van der Waals surface area contributed by atoms with Crippen LogP contribution < -0.4 is 20.3 Å². The highest BCUT2D eigenvalue weighted by molar-refractivity contribution is 6.31. The topological polar surface area (TPSA) is 135 Å². The SMILES string of the molecule is CC1(C)C(NC(=O)c2ccc(C3CCN(CC4CCN(c5ccc6c(c5)CN(C5CCC(=O)NC5=O)C6=O)CC4)CC3)cc2)C(C)(C)C1Oc1ccc(C#N)c(Cl)c1. The lowest BCUT2D eigenvalue weighted by atomic mass is 9.49. The fourth-order valence-corrected chi connectivity index (χ4v) is 10.9. The van der Waals surface area contributed by atoms with Crippen molar-refractivity contribution in [2.45, 2.75) is 96.9 Å². The lowest BCUT2D eigenvalue weighted by Gasteiger charge is -2.63. The summed E-state index contributed by atoms with van der Waals surface area (Å²) in [4.78, 5) is 57.4. The molecule has 4 aliphatic heterocycles. The van der Waals surface area contributed by atoms with Gasteiger partial charge in [-0.2, -0.15) is 5.26 Å². The van der Waals surface area contributed by atoms with Crippen molar-refractivity contribution in [3.8, 4) is 11.8 Å². The van der Waals surface area contributed by atoms with E-state index in [9.17, 15) is 24.4 Å². The smallest absolute Gasteiger partial charge is 0.255 e. The van der Waals surface area contributed by atoms with Crippen LogP contribution in [-0.4, -0.2) is 84.3 Å². The van der Waals surface area contributed by atoms with Gasteiger partial charge in [-0.25, -0.2) is 0 Å². The lowest BCUT2D eigenvalue weighted by Crippen LogP contribution is -2.74. The zero-order valence-electron chi connectivity index (χ0n) is 33.9. The molecule has 3 aromatic carbocycles. The molecule has 3 aromatic rings. The minimum absolute atomic E-state index is 0.0823. The van der Waals surface area contributed by atoms with Crippen LogP contribution in [0, 0.1) is 28.1 Å². The summed E-state index contributed by atoms with van der Waals surface area (Å²) in [6.07, 6.45) is 4.90. The molecule has 11 nitrogen and oxygen atoms in total. The number of nitrogens with zero attached hydrogens (tertiary/aromatic N) is 4. The van der Waals surface area contributed by atoms with Crippen molar-refractivity contribution in [2.75, 3.05) is 37.6 Å². The van der Waals surface area contributed by atoms with Crippen LogP contribution in [0.3, 0.4) is 0 Å². The van der Waals surface area contributed by atoms with E-state index in [0.29, 0.717) is 52.3 Å². The van der Waals surface area contributed by atoms with Gasteiger partial charge in [-0.1, -0.05) is 51.4 Å². The highest BCUT2D eigenvalue weighted by Gasteiger charge is 2.64. The quantitative estimate of drug-likeness (QED) is 0.229. The van der Waals surface area contributed by atoms with E-state index >= 15 is 0 Å². The number of halogens is 1. The zero-order chi connectivity index (χ0) is 40.9. The third-order valence-corrected chi connectivity index (χ3v) is 14.0. The standard InChI is InChI=1S/C46H53ClN6O5/c1-45(2)43(46(3,4)44(45)58-35-11-9-32(25-48)37(47)24-35)50-40(55)31-7-5-29(6-8-31)30-17-19-51(20-18-30)26-28-15-21-52(22-16-28)34-10-12-36-33(23-34)27-53(42(36)57)38-13-14-39(54)49-41(38)56/h5-12,23-24,28,30,38,43-44H,13-22,26-27H2,1-4H3,(H,50,55)(H,49,54,56). The Kier molecular flexibility index (Phi) is 10.8. The molecule has 4 fully saturated rings. The van der Waals surface area contributed by atoms with Crippen LogP contribution in [0.15, 0.2) is 60.7 Å². The van der Waals surface area contributed by atoms with Crippen molar-refractivity contribution in [1.82, 2.24) is 20.4 Å². The van der Waals surface area contributed by atoms with Gasteiger partial charge in [0.05, 0.1) is 10.6 Å². The molecule has 0 aromatic heterocycles. The molecule has 4 heterocycles. The number of piperidine rings is 3. The Morgan fingerprint density at radius 1 is 0.914 bits per heavy atom. The van der Waals surface area contributed by atoms with Crippen molar-refractivity contribution in [3.63, 3.8) is 0 Å². The number of benzene rings is 3. The minimum atomic E-state index is -0.597. The third kappa shape index (κ3) is 7.57. The molecule has 0 radical (unpaired) electrons. The Hall–Kier alpha value is -4.92. The Bertz CT molecular complexity index is 2130. The predicted molar refractivity (Wildman–Crippen MR) is 222 cm³/mol. The molecule has 1 aliphatic carbocycles. The van der Waals surface area contributed by atoms with Crippen molar-refractivity contribution in [3.05, 3.63) is 93.5 Å². The van der Waals surface area contributed by atoms with Crippen LogP contribution in [0.25, 0.3) is 0 Å². The molecule has 0 spiro atoms. The number of hydrogen-bond donors (Lipinski definition) is 2. The van der Waals surface area contributed by atoms with Crippen LogP contribution >= 0.6 is 11.6 Å². The van der Waals surface area contributed by atoms with E-state index in [2.05, 4.69) is 72.4 Å². The molecule has 58 heavy (non-hydrogen) atoms. The maximum Gasteiger partial charge on any atom is 0.255 e. The molecular formula is C46H53ClN6O5. The van der Waals surface area contributed by atoms with Crippen molar-refractivity contribution >= 4 is 40.9 Å². The Morgan fingerprint density at radius 2 is 1.62 bits per heavy atom. The van der Waals surface area contributed by atoms with E-state index < -0.39 is 6.04 Å². The summed E-state index contributed by atoms with van der Waals surface area (Å²) >= 11 is 6.26. The number of carbonyl (C=O) groups is 4. The molecule has 1 saturated carbocycles. The first-order chi connectivity index (χ1) is 27.7. The van der Waals surface area contributed by atoms with Gasteiger partial charge in [0, 0.05) is 72.4 Å². The van der Waals surface area contributed by atoms with Gasteiger partial charge in [-0.15, -0.1) is 0 Å². The van der Waals surface area contributed by atoms with Crippen molar-refractivity contribution in [2.24, 2.45) is 16.7 Å². The summed E-state index contributed by atoms with van der Waals surface area (Å²) < 4.78 is 6.39. The summed E-state index contributed by atoms with van der Waals surface area (Å²) in [7, 11) is 0. The molecule has 2 N–H and O–H groups in total. The largest absolute Gasteiger partial charge is 0.489 e. The minimum Gasteiger partial charge on any atom is -0.489 e. The predicted octanol–water partition coefficient (Wildman–Crippen LogP) is 6.68. The molecule has 3 saturated heterocycles. The second kappa shape index (κ2) is 15.7. The average Bonchev–Trinajstić information content (AvgIpc) is 3.54. The first-order valence-corrected chi connectivity index (χ1v) is 21.1. The van der Waals surface area contributed by atoms with Crippen LogP contribution in [0.5, 0.6) is 5.75 Å². The summed E-state index contributed by atoms with van der Waals surface area (Å²) in [5.74, 6) is 0.860. The fourth-order valence-electron chi connectivity index (χ4n) is 10.7. The van der Waals surface area contributed by atoms with Crippen LogP contribution in [-0.2, 0) is 16.1 Å². The lowest BCUT2D eigenvalue weighted by molar-refractivity contribution is -0.164. The van der Waals surface area contributed by atoms with Gasteiger partial charge in [-0.05, 0) is 111 Å². The number of ether oxygens (including phenoxy) is 1. The number of fused-ring (bicyclic) bond motifs is 1. The summed E-state index contributed by atoms with van der Waals surface area (Å²) in [5.41, 5.74) is 4.42. The number of imide groups is 1. The van der Waals surface area contributed by atoms with E-state index in [1.54, 1.807) is 23.1 Å². The van der Waals surface area contributed by atoms with Crippen LogP contribution in [0.2, 0.25) is 5.02 Å². The molecule has 5 aliphatic rings. The molecule has 4 amide bonds. The maximum absolute atomic E-state index is 13.5. The van der Waals surface area contributed by atoms with E-state index in [4.69, 9.17) is 16.3 Å². The molecule has 12 heteroatoms. The molecule has 304 valence electrons. The van der Waals surface area contributed by atoms with Crippen molar-refractivity contribution in [1.29, 1.82) is 5.26 Å². The Morgan fingerprint density at radius 3 is 2.28 bits per heavy atom. The van der Waals surface area contributed by atoms with Gasteiger partial charge in [0.2, 0.25) is 11.8 Å². The van der Waals surface area contributed by atoms with E-state index in [1.165, 1.54) is 5.56 Å². The number of nitriles is 1. The number of carbonyl (C=O) groups excluding carboxylic acids is 4. The number of hydrogen-bond acceptors (Lipinski definition) is 8. The second-order valence-corrected chi connectivity index (χ2v) is 18.6. The van der Waals surface area contributed by atoms with Gasteiger partial charge in [-0.3, -0.25) is 24.5 Å². The number of rotatable bonds is 9. The second-order valence-electron chi connectivity index (χ2n) is 18.2. The van der Waals surface area contributed by atoms with Gasteiger partial charge in [0.25, 0.3) is 11.8 Å². The summed E-state index contributed by atoms with van der Waals surface area (Å²) in [5, 5.41) is 15.3. The van der Waals surface area contributed by atoms with Gasteiger partial charge >= 0.3 is 0 Å². The van der Waals surface area contributed by atoms with Crippen LogP contribution in [0.4, 0.5) is 5.69 Å². The monoisotopic (exact) mass is 804 g/mol. The number of likely N-dealkylation sites (tertiary alicyclic amines) is 1. The molecular weight excluding hydrogens is 752 g/mol. The first kappa shape index (κ1) is 39.9. The maximum atomic E-state index is 13.5. The van der Waals surface area contributed by atoms with Gasteiger partial charge in [0.1, 0.15) is 24.0 Å². The zero-order valence-corrected chi connectivity index (χ0v) is 34.6. The van der Waals surface area contributed by atoms with E-state index in [-0.39, 0.29) is 53.0 Å². The van der Waals surface area contributed by atoms with Gasteiger partial charge in [0.15, 0.2) is 0 Å². The number of anilines is 1. The molecule has 1 unspecified atom stereocenters. The Balaban J connectivity index is 0.781. The Labute approximate surface area is 346 Å². The van der Waals surface area contributed by atoms with E-state index in [0.717, 1.165) is 69.7 Å². The number of amides is 4. The normalized spacial score (nSPS) is 24.8. The van der Waals surface area contributed by atoms with E-state index in [1.807, 2.05) is 24.3 Å². The molecule has 0 bridgehead atoms. The molecule has 1 atom stereocenters. The van der Waals surface area contributed by atoms with Crippen LogP contribution in [0.1, 0.15) is 110 Å². The third-order valence-electron chi connectivity index (χ3n) is 13.7. The summed E-state index contributed by atoms with van der Waals surface area (Å²) in [6.45, 7) is 14.0. The highest BCUT2D eigenvalue weighted by Crippen LogP contribution is 2.55. The first-order valence-electron chi connectivity index (χ1n) is 20.7. The van der Waals surface area contributed by atoms with Crippen molar-refractivity contribution < 1.29 is 23.9 Å². The average molecular weight is 805 g/mol. The number of nitrogens with one attached hydrogen (secondary N) is 2. The summed E-state index contributed by atoms with van der Waals surface area (Å²) in [6, 6.07) is 20.7.